The van der Waals surface area contributed by atoms with E-state index in [-0.39, 0.29) is 5.91 Å². The molecular weight excluding hydrogens is 300 g/mol. The Morgan fingerprint density at radius 2 is 1.83 bits per heavy atom. The molecule has 118 valence electrons. The van der Waals surface area contributed by atoms with Crippen molar-refractivity contribution < 1.29 is 4.79 Å². The maximum atomic E-state index is 12.1. The summed E-state index contributed by atoms with van der Waals surface area (Å²) >= 11 is 0. The van der Waals surface area contributed by atoms with Gasteiger partial charge in [-0.15, -0.1) is 0 Å². The van der Waals surface area contributed by atoms with Crippen LogP contribution in [0.2, 0.25) is 0 Å². The Hall–Kier alpha value is -3.08. The first kappa shape index (κ1) is 14.5. The van der Waals surface area contributed by atoms with E-state index in [0.717, 1.165) is 17.0 Å². The average Bonchev–Trinajstić information content (AvgIpc) is 3.48. The second kappa shape index (κ2) is 6.20. The number of hydrogen-bond donors (Lipinski definition) is 1. The molecule has 0 radical (unpaired) electrons. The van der Waals surface area contributed by atoms with Gasteiger partial charge in [0.1, 0.15) is 12.1 Å². The lowest BCUT2D eigenvalue weighted by Gasteiger charge is -2.07. The third-order valence-electron chi connectivity index (χ3n) is 4.10. The zero-order valence-electron chi connectivity index (χ0n) is 13.0. The number of carbonyl (C=O) groups excluding carboxylic acids is 1. The van der Waals surface area contributed by atoms with Crippen molar-refractivity contribution in [1.29, 1.82) is 0 Å². The summed E-state index contributed by atoms with van der Waals surface area (Å²) in [6, 6.07) is 12.4. The Morgan fingerprint density at radius 1 is 1.00 bits per heavy atom. The van der Waals surface area contributed by atoms with Crippen LogP contribution in [0.25, 0.3) is 11.1 Å². The molecule has 0 bridgehead atoms. The number of aromatic nitrogens is 3. The molecule has 0 aliphatic heterocycles. The van der Waals surface area contributed by atoms with Crippen molar-refractivity contribution >= 4 is 11.7 Å². The molecule has 1 aliphatic carbocycles. The number of benzene rings is 1. The van der Waals surface area contributed by atoms with E-state index in [4.69, 9.17) is 0 Å². The molecule has 1 N–H and O–H groups in total. The highest BCUT2D eigenvalue weighted by molar-refractivity contribution is 6.03. The number of carbonyl (C=O) groups is 1. The Labute approximate surface area is 139 Å². The Balaban J connectivity index is 1.50. The third-order valence-corrected chi connectivity index (χ3v) is 4.10. The van der Waals surface area contributed by atoms with Gasteiger partial charge in [-0.25, -0.2) is 15.0 Å². The largest absolute Gasteiger partial charge is 0.306 e. The molecule has 2 aromatic heterocycles. The Bertz CT molecular complexity index is 858. The second-order valence-electron chi connectivity index (χ2n) is 5.91. The van der Waals surface area contributed by atoms with Crippen LogP contribution in [0.1, 0.15) is 34.7 Å². The van der Waals surface area contributed by atoms with Gasteiger partial charge in [-0.1, -0.05) is 24.3 Å². The van der Waals surface area contributed by atoms with Crippen LogP contribution in [0.3, 0.4) is 0 Å². The van der Waals surface area contributed by atoms with Crippen molar-refractivity contribution in [2.75, 3.05) is 5.32 Å². The SMILES string of the molecule is O=C(Nc1ccc(-c2cccc(C3CC3)c2)cn1)c1cncnc1. The van der Waals surface area contributed by atoms with Gasteiger partial charge in [-0.05, 0) is 42.0 Å². The van der Waals surface area contributed by atoms with Crippen molar-refractivity contribution in [3.63, 3.8) is 0 Å². The lowest BCUT2D eigenvalue weighted by Crippen LogP contribution is -2.13. The van der Waals surface area contributed by atoms with Gasteiger partial charge >= 0.3 is 0 Å². The van der Waals surface area contributed by atoms with Crippen molar-refractivity contribution in [2.24, 2.45) is 0 Å². The summed E-state index contributed by atoms with van der Waals surface area (Å²) in [6.45, 7) is 0. The standard InChI is InChI=1S/C19H16N4O/c24-19(17-9-20-12-21-10-17)23-18-7-6-16(11-22-18)15-3-1-2-14(8-15)13-4-5-13/h1-3,6-13H,4-5H2,(H,22,23,24). The molecule has 24 heavy (non-hydrogen) atoms. The van der Waals surface area contributed by atoms with Crippen LogP contribution in [0.15, 0.2) is 61.3 Å². The summed E-state index contributed by atoms with van der Waals surface area (Å²) in [5.74, 6) is 0.960. The average molecular weight is 316 g/mol. The predicted octanol–water partition coefficient (Wildman–Crippen LogP) is 3.67. The van der Waals surface area contributed by atoms with Crippen LogP contribution in [0, 0.1) is 0 Å². The van der Waals surface area contributed by atoms with E-state index >= 15 is 0 Å². The molecule has 2 heterocycles. The number of nitrogens with one attached hydrogen (secondary N) is 1. The first-order valence-corrected chi connectivity index (χ1v) is 7.92. The van der Waals surface area contributed by atoms with Crippen molar-refractivity contribution in [1.82, 2.24) is 15.0 Å². The zero-order chi connectivity index (χ0) is 16.4. The number of pyridine rings is 1. The molecule has 3 aromatic rings. The van der Waals surface area contributed by atoms with Crippen LogP contribution < -0.4 is 5.32 Å². The topological polar surface area (TPSA) is 67.8 Å². The van der Waals surface area contributed by atoms with E-state index in [1.165, 1.54) is 37.1 Å². The molecule has 1 fully saturated rings. The maximum absolute atomic E-state index is 12.1. The molecule has 1 amide bonds. The first-order valence-electron chi connectivity index (χ1n) is 7.92. The number of amides is 1. The highest BCUT2D eigenvalue weighted by Gasteiger charge is 2.23. The predicted molar refractivity (Wildman–Crippen MR) is 91.6 cm³/mol. The minimum Gasteiger partial charge on any atom is -0.306 e. The fourth-order valence-electron chi connectivity index (χ4n) is 2.63. The lowest BCUT2D eigenvalue weighted by atomic mass is 10.0. The minimum absolute atomic E-state index is 0.272. The van der Waals surface area contributed by atoms with E-state index in [1.807, 2.05) is 6.07 Å². The van der Waals surface area contributed by atoms with E-state index in [2.05, 4.69) is 44.5 Å². The summed E-state index contributed by atoms with van der Waals surface area (Å²) in [4.78, 5) is 24.1. The maximum Gasteiger partial charge on any atom is 0.259 e. The molecule has 1 aliphatic rings. The normalized spacial score (nSPS) is 13.5. The Morgan fingerprint density at radius 3 is 2.54 bits per heavy atom. The smallest absolute Gasteiger partial charge is 0.259 e. The quantitative estimate of drug-likeness (QED) is 0.797. The lowest BCUT2D eigenvalue weighted by molar-refractivity contribution is 0.102. The van der Waals surface area contributed by atoms with Gasteiger partial charge in [0.15, 0.2) is 0 Å². The molecule has 0 atom stereocenters. The zero-order valence-corrected chi connectivity index (χ0v) is 13.0. The summed E-state index contributed by atoms with van der Waals surface area (Å²) in [5, 5.41) is 2.75. The van der Waals surface area contributed by atoms with Crippen molar-refractivity contribution in [3.8, 4) is 11.1 Å². The fourth-order valence-corrected chi connectivity index (χ4v) is 2.63. The van der Waals surface area contributed by atoms with E-state index in [1.54, 1.807) is 12.3 Å². The van der Waals surface area contributed by atoms with Crippen LogP contribution in [-0.2, 0) is 0 Å². The summed E-state index contributed by atoms with van der Waals surface area (Å²) in [7, 11) is 0. The fraction of sp³-hybridized carbons (Fsp3) is 0.158. The van der Waals surface area contributed by atoms with Crippen molar-refractivity contribution in [3.05, 3.63) is 72.4 Å². The second-order valence-corrected chi connectivity index (χ2v) is 5.91. The van der Waals surface area contributed by atoms with E-state index in [0.29, 0.717) is 11.4 Å². The van der Waals surface area contributed by atoms with Crippen LogP contribution in [0.5, 0.6) is 0 Å². The molecule has 5 heteroatoms. The Kier molecular flexibility index (Phi) is 3.75. The molecule has 0 spiro atoms. The third kappa shape index (κ3) is 3.15. The number of rotatable bonds is 4. The molecular formula is C19H16N4O. The van der Waals surface area contributed by atoms with Gasteiger partial charge in [0.05, 0.1) is 5.56 Å². The molecule has 1 saturated carbocycles. The monoisotopic (exact) mass is 316 g/mol. The van der Waals surface area contributed by atoms with Crippen molar-refractivity contribution in [2.45, 2.75) is 18.8 Å². The summed E-state index contributed by atoms with van der Waals surface area (Å²) in [5.41, 5.74) is 3.99. The van der Waals surface area contributed by atoms with Crippen LogP contribution >= 0.6 is 0 Å². The highest BCUT2D eigenvalue weighted by Crippen LogP contribution is 2.41. The molecule has 4 rings (SSSR count). The van der Waals surface area contributed by atoms with E-state index < -0.39 is 0 Å². The van der Waals surface area contributed by atoms with Gasteiger partial charge < -0.3 is 5.32 Å². The molecule has 0 unspecified atom stereocenters. The molecule has 1 aromatic carbocycles. The van der Waals surface area contributed by atoms with Crippen LogP contribution in [0.4, 0.5) is 5.82 Å². The van der Waals surface area contributed by atoms with Gasteiger partial charge in [-0.2, -0.15) is 0 Å². The van der Waals surface area contributed by atoms with Gasteiger partial charge in [-0.3, -0.25) is 4.79 Å². The van der Waals surface area contributed by atoms with Gasteiger partial charge in [0.25, 0.3) is 5.91 Å². The number of nitrogens with zero attached hydrogens (tertiary/aromatic N) is 3. The minimum atomic E-state index is -0.272. The van der Waals surface area contributed by atoms with Crippen LogP contribution in [-0.4, -0.2) is 20.9 Å². The summed E-state index contributed by atoms with van der Waals surface area (Å²) < 4.78 is 0. The van der Waals surface area contributed by atoms with Gasteiger partial charge in [0, 0.05) is 24.2 Å². The number of hydrogen-bond acceptors (Lipinski definition) is 4. The molecule has 5 nitrogen and oxygen atoms in total. The summed E-state index contributed by atoms with van der Waals surface area (Å²) in [6.07, 6.45) is 8.69. The van der Waals surface area contributed by atoms with Gasteiger partial charge in [0.2, 0.25) is 0 Å². The number of anilines is 1. The van der Waals surface area contributed by atoms with E-state index in [9.17, 15) is 4.79 Å². The first-order chi connectivity index (χ1) is 11.8. The highest BCUT2D eigenvalue weighted by atomic mass is 16.1. The molecule has 0 saturated heterocycles.